The van der Waals surface area contributed by atoms with Gasteiger partial charge in [0.2, 0.25) is 0 Å². The molecule has 10 nitrogen and oxygen atoms in total. The van der Waals surface area contributed by atoms with Crippen molar-refractivity contribution in [3.8, 4) is 11.5 Å². The number of rotatable bonds is 7. The number of Topliss-reactive ketones (excluding diaryl/α,β-unsaturated/α-hetero) is 1. The van der Waals surface area contributed by atoms with E-state index < -0.39 is 6.04 Å². The van der Waals surface area contributed by atoms with Gasteiger partial charge in [0.25, 0.3) is 11.8 Å². The first-order valence-corrected chi connectivity index (χ1v) is 12.4. The summed E-state index contributed by atoms with van der Waals surface area (Å²) in [4.78, 5) is 50.6. The van der Waals surface area contributed by atoms with Gasteiger partial charge in [0.05, 0.1) is 42.1 Å². The molecule has 0 saturated carbocycles. The Kier molecular flexibility index (Phi) is 5.79. The van der Waals surface area contributed by atoms with Crippen molar-refractivity contribution in [2.24, 2.45) is 5.73 Å². The van der Waals surface area contributed by atoms with Gasteiger partial charge in [-0.1, -0.05) is 24.3 Å². The summed E-state index contributed by atoms with van der Waals surface area (Å²) < 4.78 is 10.9. The molecule has 2 aliphatic heterocycles. The van der Waals surface area contributed by atoms with Crippen LogP contribution in [-0.4, -0.2) is 59.3 Å². The van der Waals surface area contributed by atoms with Crippen molar-refractivity contribution in [3.05, 3.63) is 89.5 Å². The number of para-hydroxylation sites is 2. The molecule has 2 aliphatic rings. The first kappa shape index (κ1) is 24.2. The summed E-state index contributed by atoms with van der Waals surface area (Å²) in [6.07, 6.45) is 0.147. The van der Waals surface area contributed by atoms with Gasteiger partial charge in [-0.15, -0.1) is 0 Å². The highest BCUT2D eigenvalue weighted by Crippen LogP contribution is 2.39. The fraction of sp³-hybridized carbons (Fsp3) is 0.172. The zero-order valence-electron chi connectivity index (χ0n) is 21.3. The van der Waals surface area contributed by atoms with E-state index in [1.165, 1.54) is 19.1 Å². The average Bonchev–Trinajstić information content (AvgIpc) is 3.57. The smallest absolute Gasteiger partial charge is 0.261 e. The molecule has 3 heterocycles. The molecular weight excluding hydrogens is 498 g/mol. The number of aromatic amines is 1. The van der Waals surface area contributed by atoms with E-state index in [0.29, 0.717) is 39.7 Å². The lowest BCUT2D eigenvalue weighted by molar-refractivity contribution is -0.114. The van der Waals surface area contributed by atoms with Crippen LogP contribution < -0.4 is 20.1 Å². The van der Waals surface area contributed by atoms with Crippen molar-refractivity contribution in [2.75, 3.05) is 25.7 Å². The topological polar surface area (TPSA) is 131 Å². The number of carbonyl (C=O) groups is 3. The van der Waals surface area contributed by atoms with Gasteiger partial charge in [0, 0.05) is 24.7 Å². The Hall–Kier alpha value is -5.12. The van der Waals surface area contributed by atoms with E-state index in [1.54, 1.807) is 47.4 Å². The number of fused-ring (bicyclic) bond motifs is 2. The minimum Gasteiger partial charge on any atom is -0.497 e. The van der Waals surface area contributed by atoms with Crippen molar-refractivity contribution in [3.63, 3.8) is 0 Å². The molecule has 0 bridgehead atoms. The van der Waals surface area contributed by atoms with Crippen molar-refractivity contribution in [2.45, 2.75) is 12.5 Å². The molecule has 39 heavy (non-hydrogen) atoms. The third-order valence-electron chi connectivity index (χ3n) is 7.12. The number of benzene rings is 3. The molecule has 1 unspecified atom stereocenters. The highest BCUT2D eigenvalue weighted by molar-refractivity contribution is 6.28. The third-order valence-corrected chi connectivity index (χ3v) is 7.12. The number of nitrogens with two attached hydrogens (primary N) is 1. The summed E-state index contributed by atoms with van der Waals surface area (Å²) >= 11 is 0. The first-order chi connectivity index (χ1) is 18.9. The molecule has 1 aromatic heterocycles. The van der Waals surface area contributed by atoms with E-state index in [4.69, 9.17) is 15.2 Å². The van der Waals surface area contributed by atoms with Crippen LogP contribution in [0, 0.1) is 0 Å². The summed E-state index contributed by atoms with van der Waals surface area (Å²) in [6, 6.07) is 18.5. The van der Waals surface area contributed by atoms with E-state index in [2.05, 4.69) is 9.97 Å². The Labute approximate surface area is 223 Å². The summed E-state index contributed by atoms with van der Waals surface area (Å²) in [5.41, 5.74) is 9.66. The number of imidazole rings is 1. The standard InChI is InChI=1S/C29H25N5O5/c1-38-17-13-16(14-18(15-17)39-2)34-23(11-12-33-28(36)19-7-3-4-8-20(19)29(33)37)25(35)24(26(34)30)27-31-21-9-5-6-10-22(21)32-27/h3-10,13-15,23H,11-12,30H2,1-2H3,(H,31,32). The lowest BCUT2D eigenvalue weighted by Crippen LogP contribution is -2.41. The molecule has 3 N–H and O–H groups in total. The van der Waals surface area contributed by atoms with Crippen molar-refractivity contribution >= 4 is 39.9 Å². The molecule has 0 spiro atoms. The second-order valence-electron chi connectivity index (χ2n) is 9.28. The minimum atomic E-state index is -0.811. The summed E-state index contributed by atoms with van der Waals surface area (Å²) in [7, 11) is 3.07. The fourth-order valence-corrected chi connectivity index (χ4v) is 5.21. The van der Waals surface area contributed by atoms with Gasteiger partial charge in [-0.25, -0.2) is 4.98 Å². The van der Waals surface area contributed by atoms with E-state index >= 15 is 0 Å². The van der Waals surface area contributed by atoms with Crippen LogP contribution in [-0.2, 0) is 4.79 Å². The zero-order valence-corrected chi connectivity index (χ0v) is 21.3. The van der Waals surface area contributed by atoms with Crippen LogP contribution in [0.4, 0.5) is 5.69 Å². The van der Waals surface area contributed by atoms with Gasteiger partial charge in [0.1, 0.15) is 34.8 Å². The maximum atomic E-state index is 14.0. The van der Waals surface area contributed by atoms with Crippen molar-refractivity contribution in [1.29, 1.82) is 0 Å². The summed E-state index contributed by atoms with van der Waals surface area (Å²) in [6.45, 7) is 0.0288. The van der Waals surface area contributed by atoms with Crippen LogP contribution in [0.1, 0.15) is 33.0 Å². The monoisotopic (exact) mass is 523 g/mol. The zero-order chi connectivity index (χ0) is 27.3. The van der Waals surface area contributed by atoms with E-state index in [1.807, 2.05) is 24.3 Å². The van der Waals surface area contributed by atoms with Crippen molar-refractivity contribution < 1.29 is 23.9 Å². The second kappa shape index (κ2) is 9.32. The molecule has 4 aromatic rings. The maximum absolute atomic E-state index is 14.0. The maximum Gasteiger partial charge on any atom is 0.261 e. The summed E-state index contributed by atoms with van der Waals surface area (Å²) in [5.74, 6) is 0.540. The number of imide groups is 1. The number of nitrogens with zero attached hydrogens (tertiary/aromatic N) is 3. The quantitative estimate of drug-likeness (QED) is 0.353. The average molecular weight is 524 g/mol. The normalized spacial score (nSPS) is 17.0. The Bertz CT molecular complexity index is 1600. The predicted molar refractivity (Wildman–Crippen MR) is 144 cm³/mol. The largest absolute Gasteiger partial charge is 0.497 e. The SMILES string of the molecule is COc1cc(OC)cc(N2C(N)=C(c3nc4ccccc4[nH]3)C(=O)C2CCN2C(=O)c3ccccc3C2=O)c1. The number of nitrogens with one attached hydrogen (secondary N) is 1. The number of amides is 2. The van der Waals surface area contributed by atoms with Crippen LogP contribution in [0.3, 0.4) is 0 Å². The Balaban J connectivity index is 1.39. The number of ketones is 1. The summed E-state index contributed by atoms with van der Waals surface area (Å²) in [5, 5.41) is 0. The lowest BCUT2D eigenvalue weighted by atomic mass is 10.0. The molecule has 2 amide bonds. The third kappa shape index (κ3) is 3.88. The van der Waals surface area contributed by atoms with Crippen molar-refractivity contribution in [1.82, 2.24) is 14.9 Å². The second-order valence-corrected chi connectivity index (χ2v) is 9.28. The van der Waals surface area contributed by atoms with Crippen LogP contribution in [0.2, 0.25) is 0 Å². The van der Waals surface area contributed by atoms with Gasteiger partial charge < -0.3 is 25.1 Å². The van der Waals surface area contributed by atoms with E-state index in [-0.39, 0.29) is 42.0 Å². The van der Waals surface area contributed by atoms with E-state index in [9.17, 15) is 14.4 Å². The lowest BCUT2D eigenvalue weighted by Gasteiger charge is -2.28. The van der Waals surface area contributed by atoms with Crippen LogP contribution in [0.25, 0.3) is 16.6 Å². The molecule has 1 atom stereocenters. The highest BCUT2D eigenvalue weighted by Gasteiger charge is 2.43. The molecular formula is C29H25N5O5. The molecule has 0 saturated heterocycles. The number of H-pyrrole nitrogens is 1. The predicted octanol–water partition coefficient (Wildman–Crippen LogP) is 3.35. The molecule has 10 heteroatoms. The number of hydrogen-bond acceptors (Lipinski definition) is 8. The number of ether oxygens (including phenoxy) is 2. The molecule has 0 aliphatic carbocycles. The van der Waals surface area contributed by atoms with Gasteiger partial charge in [-0.3, -0.25) is 19.3 Å². The van der Waals surface area contributed by atoms with Crippen LogP contribution in [0.15, 0.2) is 72.6 Å². The number of aromatic nitrogens is 2. The van der Waals surface area contributed by atoms with Crippen LogP contribution in [0.5, 0.6) is 11.5 Å². The Morgan fingerprint density at radius 1 is 0.897 bits per heavy atom. The van der Waals surface area contributed by atoms with Gasteiger partial charge in [0.15, 0.2) is 5.78 Å². The number of hydrogen-bond donors (Lipinski definition) is 2. The minimum absolute atomic E-state index is 0.0288. The van der Waals surface area contributed by atoms with Gasteiger partial charge in [-0.2, -0.15) is 0 Å². The fourth-order valence-electron chi connectivity index (χ4n) is 5.21. The number of anilines is 1. The van der Waals surface area contributed by atoms with E-state index in [0.717, 1.165) is 5.52 Å². The molecule has 0 radical (unpaired) electrons. The Morgan fingerprint density at radius 2 is 1.51 bits per heavy atom. The van der Waals surface area contributed by atoms with Gasteiger partial charge >= 0.3 is 0 Å². The first-order valence-electron chi connectivity index (χ1n) is 12.4. The van der Waals surface area contributed by atoms with Crippen LogP contribution >= 0.6 is 0 Å². The Morgan fingerprint density at radius 3 is 2.13 bits per heavy atom. The highest BCUT2D eigenvalue weighted by atomic mass is 16.5. The molecule has 3 aromatic carbocycles. The molecule has 6 rings (SSSR count). The number of methoxy groups -OCH3 is 2. The molecule has 0 fully saturated rings. The molecule has 196 valence electrons. The van der Waals surface area contributed by atoms with Gasteiger partial charge in [-0.05, 0) is 30.7 Å². The number of carbonyl (C=O) groups excluding carboxylic acids is 3.